The predicted molar refractivity (Wildman–Crippen MR) is 108 cm³/mol. The van der Waals surface area contributed by atoms with Crippen LogP contribution < -0.4 is 10.2 Å². The summed E-state index contributed by atoms with van der Waals surface area (Å²) in [6.45, 7) is 4.64. The monoisotopic (exact) mass is 382 g/mol. The lowest BCUT2D eigenvalue weighted by Crippen LogP contribution is -2.51. The molecule has 4 rings (SSSR count). The van der Waals surface area contributed by atoms with Crippen LogP contribution in [0, 0.1) is 0 Å². The molecule has 1 N–H and O–H groups in total. The van der Waals surface area contributed by atoms with Crippen LogP contribution in [0.4, 0.5) is 11.4 Å². The predicted octanol–water partition coefficient (Wildman–Crippen LogP) is 2.28. The number of nitrogens with zero attached hydrogens (tertiary/aromatic N) is 3. The molecule has 0 saturated carbocycles. The van der Waals surface area contributed by atoms with E-state index in [4.69, 9.17) is 4.42 Å². The van der Waals surface area contributed by atoms with Crippen molar-refractivity contribution in [1.29, 1.82) is 0 Å². The highest BCUT2D eigenvalue weighted by Gasteiger charge is 2.25. The number of hydrogen-bond donors (Lipinski definition) is 1. The van der Waals surface area contributed by atoms with Gasteiger partial charge < -0.3 is 24.4 Å². The number of furan rings is 1. The van der Waals surface area contributed by atoms with Crippen molar-refractivity contribution in [3.63, 3.8) is 0 Å². The highest BCUT2D eigenvalue weighted by molar-refractivity contribution is 5.91. The molecule has 3 heterocycles. The van der Waals surface area contributed by atoms with Crippen molar-refractivity contribution in [2.75, 3.05) is 56.0 Å². The number of rotatable bonds is 5. The molecule has 0 atom stereocenters. The van der Waals surface area contributed by atoms with Gasteiger partial charge in [-0.15, -0.1) is 0 Å². The first-order valence-corrected chi connectivity index (χ1v) is 9.90. The SMILES string of the molecule is O=C(CNc1ccc(N2CCCC2)cc1)N1CCN(C(=O)c2ccco2)CC1. The maximum absolute atomic E-state index is 12.5. The number of carbonyl (C=O) groups is 2. The van der Waals surface area contributed by atoms with E-state index in [1.165, 1.54) is 24.8 Å². The van der Waals surface area contributed by atoms with Crippen LogP contribution in [0.5, 0.6) is 0 Å². The summed E-state index contributed by atoms with van der Waals surface area (Å²) in [4.78, 5) is 30.7. The van der Waals surface area contributed by atoms with E-state index in [1.807, 2.05) is 12.1 Å². The number of carbonyl (C=O) groups excluding carboxylic acids is 2. The van der Waals surface area contributed by atoms with Gasteiger partial charge in [0.25, 0.3) is 5.91 Å². The van der Waals surface area contributed by atoms with E-state index in [2.05, 4.69) is 22.3 Å². The summed E-state index contributed by atoms with van der Waals surface area (Å²) < 4.78 is 5.17. The third kappa shape index (κ3) is 4.13. The van der Waals surface area contributed by atoms with Crippen molar-refractivity contribution < 1.29 is 14.0 Å². The van der Waals surface area contributed by atoms with Crippen LogP contribution >= 0.6 is 0 Å². The second-order valence-corrected chi connectivity index (χ2v) is 7.24. The second kappa shape index (κ2) is 8.37. The number of anilines is 2. The van der Waals surface area contributed by atoms with Crippen molar-refractivity contribution in [2.24, 2.45) is 0 Å². The van der Waals surface area contributed by atoms with E-state index in [9.17, 15) is 9.59 Å². The van der Waals surface area contributed by atoms with Crippen LogP contribution in [0.3, 0.4) is 0 Å². The minimum atomic E-state index is -0.117. The van der Waals surface area contributed by atoms with Gasteiger partial charge in [0.05, 0.1) is 12.8 Å². The molecule has 2 saturated heterocycles. The maximum atomic E-state index is 12.5. The molecule has 28 heavy (non-hydrogen) atoms. The minimum absolute atomic E-state index is 0.0497. The fourth-order valence-corrected chi connectivity index (χ4v) is 3.77. The van der Waals surface area contributed by atoms with Crippen molar-refractivity contribution >= 4 is 23.2 Å². The van der Waals surface area contributed by atoms with Crippen LogP contribution in [0.15, 0.2) is 47.1 Å². The average molecular weight is 382 g/mol. The zero-order chi connectivity index (χ0) is 19.3. The van der Waals surface area contributed by atoms with Crippen LogP contribution in [0.1, 0.15) is 23.4 Å². The Morgan fingerprint density at radius 1 is 0.893 bits per heavy atom. The van der Waals surface area contributed by atoms with E-state index in [-0.39, 0.29) is 18.4 Å². The highest BCUT2D eigenvalue weighted by Crippen LogP contribution is 2.22. The zero-order valence-corrected chi connectivity index (χ0v) is 16.0. The third-order valence-corrected chi connectivity index (χ3v) is 5.43. The molecule has 7 heteroatoms. The molecule has 1 aromatic carbocycles. The Bertz CT molecular complexity index is 790. The number of hydrogen-bond acceptors (Lipinski definition) is 5. The molecule has 2 fully saturated rings. The lowest BCUT2D eigenvalue weighted by Gasteiger charge is -2.34. The summed E-state index contributed by atoms with van der Waals surface area (Å²) in [7, 11) is 0. The highest BCUT2D eigenvalue weighted by atomic mass is 16.3. The fraction of sp³-hybridized carbons (Fsp3) is 0.429. The molecule has 148 valence electrons. The lowest BCUT2D eigenvalue weighted by molar-refractivity contribution is -0.130. The van der Waals surface area contributed by atoms with Gasteiger partial charge in [0.1, 0.15) is 0 Å². The Balaban J connectivity index is 1.23. The smallest absolute Gasteiger partial charge is 0.289 e. The van der Waals surface area contributed by atoms with Crippen molar-refractivity contribution in [2.45, 2.75) is 12.8 Å². The summed E-state index contributed by atoms with van der Waals surface area (Å²) in [5.41, 5.74) is 2.19. The number of nitrogens with one attached hydrogen (secondary N) is 1. The molecule has 0 spiro atoms. The van der Waals surface area contributed by atoms with Gasteiger partial charge in [0.15, 0.2) is 5.76 Å². The molecule has 2 aliphatic rings. The first-order chi connectivity index (χ1) is 13.7. The van der Waals surface area contributed by atoms with Crippen LogP contribution in [0.2, 0.25) is 0 Å². The normalized spacial score (nSPS) is 17.1. The van der Waals surface area contributed by atoms with Gasteiger partial charge in [-0.3, -0.25) is 9.59 Å². The van der Waals surface area contributed by atoms with Crippen LogP contribution in [-0.2, 0) is 4.79 Å². The lowest BCUT2D eigenvalue weighted by atomic mass is 10.2. The standard InChI is InChI=1S/C21H26N4O3/c26-20(16-22-17-5-7-18(8-6-17)23-9-1-2-10-23)24-11-13-25(14-12-24)21(27)19-4-3-15-28-19/h3-8,15,22H,1-2,9-14,16H2. The Morgan fingerprint density at radius 2 is 1.57 bits per heavy atom. The Labute approximate surface area is 164 Å². The summed E-state index contributed by atoms with van der Waals surface area (Å²) in [6, 6.07) is 11.6. The Kier molecular flexibility index (Phi) is 5.50. The first-order valence-electron chi connectivity index (χ1n) is 9.90. The second-order valence-electron chi connectivity index (χ2n) is 7.24. The molecular weight excluding hydrogens is 356 g/mol. The van der Waals surface area contributed by atoms with Gasteiger partial charge in [-0.25, -0.2) is 0 Å². The fourth-order valence-electron chi connectivity index (χ4n) is 3.77. The summed E-state index contributed by atoms with van der Waals surface area (Å²) in [6.07, 6.45) is 4.01. The van der Waals surface area contributed by atoms with Crippen LogP contribution in [-0.4, -0.2) is 67.4 Å². The largest absolute Gasteiger partial charge is 0.459 e. The van der Waals surface area contributed by atoms with Gasteiger partial charge in [0, 0.05) is 50.6 Å². The molecule has 0 radical (unpaired) electrons. The van der Waals surface area contributed by atoms with Gasteiger partial charge >= 0.3 is 0 Å². The topological polar surface area (TPSA) is 69.0 Å². The van der Waals surface area contributed by atoms with Crippen molar-refractivity contribution in [1.82, 2.24) is 9.80 Å². The summed E-state index contributed by atoms with van der Waals surface area (Å²) in [5, 5.41) is 3.21. The van der Waals surface area contributed by atoms with E-state index >= 15 is 0 Å². The zero-order valence-electron chi connectivity index (χ0n) is 16.0. The van der Waals surface area contributed by atoms with E-state index in [1.54, 1.807) is 21.9 Å². The van der Waals surface area contributed by atoms with Gasteiger partial charge in [-0.05, 0) is 49.2 Å². The quantitative estimate of drug-likeness (QED) is 0.859. The number of piperazine rings is 1. The molecular formula is C21H26N4O3. The minimum Gasteiger partial charge on any atom is -0.459 e. The summed E-state index contributed by atoms with van der Waals surface area (Å²) in [5.74, 6) is 0.279. The molecule has 0 unspecified atom stereocenters. The molecule has 2 aromatic rings. The third-order valence-electron chi connectivity index (χ3n) is 5.43. The number of amides is 2. The maximum Gasteiger partial charge on any atom is 0.289 e. The number of benzene rings is 1. The van der Waals surface area contributed by atoms with Crippen molar-refractivity contribution in [3.8, 4) is 0 Å². The van der Waals surface area contributed by atoms with Gasteiger partial charge in [-0.1, -0.05) is 0 Å². The molecule has 0 bridgehead atoms. The van der Waals surface area contributed by atoms with E-state index in [0.717, 1.165) is 18.8 Å². The van der Waals surface area contributed by atoms with E-state index < -0.39 is 0 Å². The summed E-state index contributed by atoms with van der Waals surface area (Å²) >= 11 is 0. The molecule has 2 aliphatic heterocycles. The van der Waals surface area contributed by atoms with Gasteiger partial charge in [-0.2, -0.15) is 0 Å². The van der Waals surface area contributed by atoms with Gasteiger partial charge in [0.2, 0.25) is 5.91 Å². The average Bonchev–Trinajstić information content (AvgIpc) is 3.46. The van der Waals surface area contributed by atoms with Crippen molar-refractivity contribution in [3.05, 3.63) is 48.4 Å². The Hall–Kier alpha value is -2.96. The molecule has 2 amide bonds. The molecule has 0 aliphatic carbocycles. The Morgan fingerprint density at radius 3 is 2.21 bits per heavy atom. The molecule has 7 nitrogen and oxygen atoms in total. The first kappa shape index (κ1) is 18.4. The van der Waals surface area contributed by atoms with E-state index in [0.29, 0.717) is 31.9 Å². The van der Waals surface area contributed by atoms with Crippen LogP contribution in [0.25, 0.3) is 0 Å². The molecule has 1 aromatic heterocycles.